The molecule has 0 saturated carbocycles. The molecule has 0 unspecified atom stereocenters. The number of pyridine rings is 1. The molecule has 4 aromatic rings. The van der Waals surface area contributed by atoms with Crippen LogP contribution in [0.5, 0.6) is 0 Å². The standard InChI is InChI=1S/C22H21N5O/c28-21(24-15-18-10-6-7-13-23-18)16-27-20-12-5-4-11-19(20)26-22(27)25-14-17-8-2-1-3-9-17/h1-13H,14-16H2,(H,24,28)(H,25,26). The summed E-state index contributed by atoms with van der Waals surface area (Å²) in [6.07, 6.45) is 1.72. The first-order valence-corrected chi connectivity index (χ1v) is 9.19. The number of amides is 1. The number of para-hydroxylation sites is 2. The molecular weight excluding hydrogens is 350 g/mol. The van der Waals surface area contributed by atoms with Crippen molar-refractivity contribution in [1.29, 1.82) is 0 Å². The molecule has 0 fully saturated rings. The van der Waals surface area contributed by atoms with Gasteiger partial charge in [-0.3, -0.25) is 9.78 Å². The van der Waals surface area contributed by atoms with Crippen LogP contribution in [0.25, 0.3) is 11.0 Å². The molecule has 2 aromatic carbocycles. The first-order valence-electron chi connectivity index (χ1n) is 9.19. The molecule has 4 rings (SSSR count). The molecule has 28 heavy (non-hydrogen) atoms. The normalized spacial score (nSPS) is 10.7. The first kappa shape index (κ1) is 17.7. The van der Waals surface area contributed by atoms with Gasteiger partial charge in [-0.2, -0.15) is 0 Å². The number of hydrogen-bond donors (Lipinski definition) is 2. The largest absolute Gasteiger partial charge is 0.352 e. The number of rotatable bonds is 7. The van der Waals surface area contributed by atoms with Gasteiger partial charge in [0.15, 0.2) is 0 Å². The lowest BCUT2D eigenvalue weighted by Crippen LogP contribution is -2.28. The molecule has 0 aliphatic carbocycles. The Morgan fingerprint density at radius 2 is 1.68 bits per heavy atom. The van der Waals surface area contributed by atoms with Crippen LogP contribution in [0.15, 0.2) is 79.0 Å². The number of nitrogens with one attached hydrogen (secondary N) is 2. The maximum absolute atomic E-state index is 12.5. The van der Waals surface area contributed by atoms with Crippen LogP contribution >= 0.6 is 0 Å². The lowest BCUT2D eigenvalue weighted by atomic mass is 10.2. The van der Waals surface area contributed by atoms with Crippen LogP contribution in [0.2, 0.25) is 0 Å². The third kappa shape index (κ3) is 4.17. The van der Waals surface area contributed by atoms with E-state index in [4.69, 9.17) is 0 Å². The minimum atomic E-state index is -0.0865. The summed E-state index contributed by atoms with van der Waals surface area (Å²) in [4.78, 5) is 21.4. The summed E-state index contributed by atoms with van der Waals surface area (Å²) in [5, 5.41) is 6.28. The van der Waals surface area contributed by atoms with Gasteiger partial charge in [-0.15, -0.1) is 0 Å². The Kier molecular flexibility index (Phi) is 5.29. The number of benzene rings is 2. The van der Waals surface area contributed by atoms with Gasteiger partial charge in [0, 0.05) is 12.7 Å². The summed E-state index contributed by atoms with van der Waals surface area (Å²) in [7, 11) is 0. The van der Waals surface area contributed by atoms with Gasteiger partial charge < -0.3 is 15.2 Å². The SMILES string of the molecule is O=C(Cn1c(NCc2ccccc2)nc2ccccc21)NCc1ccccn1. The number of hydrogen-bond acceptors (Lipinski definition) is 4. The van der Waals surface area contributed by atoms with Crippen LogP contribution in [0, 0.1) is 0 Å². The van der Waals surface area contributed by atoms with E-state index in [2.05, 4.69) is 32.7 Å². The second kappa shape index (κ2) is 8.35. The number of nitrogens with zero attached hydrogens (tertiary/aromatic N) is 3. The fourth-order valence-corrected chi connectivity index (χ4v) is 3.04. The summed E-state index contributed by atoms with van der Waals surface area (Å²) in [5.74, 6) is 0.592. The average molecular weight is 371 g/mol. The van der Waals surface area contributed by atoms with Gasteiger partial charge in [-0.1, -0.05) is 48.5 Å². The van der Waals surface area contributed by atoms with Gasteiger partial charge in [0.2, 0.25) is 11.9 Å². The summed E-state index contributed by atoms with van der Waals surface area (Å²) in [6.45, 7) is 1.23. The van der Waals surface area contributed by atoms with Crippen molar-refractivity contribution in [2.24, 2.45) is 0 Å². The Morgan fingerprint density at radius 3 is 2.50 bits per heavy atom. The van der Waals surface area contributed by atoms with Gasteiger partial charge in [-0.25, -0.2) is 4.98 Å². The molecule has 0 saturated heterocycles. The molecule has 2 N–H and O–H groups in total. The number of aromatic nitrogens is 3. The van der Waals surface area contributed by atoms with E-state index in [1.165, 1.54) is 0 Å². The molecular formula is C22H21N5O. The molecule has 0 radical (unpaired) electrons. The van der Waals surface area contributed by atoms with Crippen molar-refractivity contribution < 1.29 is 4.79 Å². The van der Waals surface area contributed by atoms with Crippen molar-refractivity contribution in [1.82, 2.24) is 19.9 Å². The second-order valence-corrected chi connectivity index (χ2v) is 6.45. The molecule has 0 aliphatic heterocycles. The van der Waals surface area contributed by atoms with Gasteiger partial charge in [0.1, 0.15) is 6.54 Å². The molecule has 0 aliphatic rings. The van der Waals surface area contributed by atoms with E-state index in [9.17, 15) is 4.79 Å². The van der Waals surface area contributed by atoms with Crippen molar-refractivity contribution in [3.8, 4) is 0 Å². The van der Waals surface area contributed by atoms with E-state index >= 15 is 0 Å². The molecule has 0 bridgehead atoms. The Hall–Kier alpha value is -3.67. The van der Waals surface area contributed by atoms with Gasteiger partial charge in [0.05, 0.1) is 23.3 Å². The third-order valence-corrected chi connectivity index (χ3v) is 4.44. The highest BCUT2D eigenvalue weighted by Gasteiger charge is 2.13. The van der Waals surface area contributed by atoms with Gasteiger partial charge >= 0.3 is 0 Å². The average Bonchev–Trinajstić information content (AvgIpc) is 3.10. The third-order valence-electron chi connectivity index (χ3n) is 4.44. The summed E-state index contributed by atoms with van der Waals surface area (Å²) in [6, 6.07) is 23.6. The van der Waals surface area contributed by atoms with Gasteiger partial charge in [-0.05, 0) is 29.8 Å². The van der Waals surface area contributed by atoms with E-state index in [1.807, 2.05) is 65.2 Å². The summed E-state index contributed by atoms with van der Waals surface area (Å²) >= 11 is 0. The van der Waals surface area contributed by atoms with E-state index in [-0.39, 0.29) is 12.5 Å². The smallest absolute Gasteiger partial charge is 0.240 e. The molecule has 0 spiro atoms. The van der Waals surface area contributed by atoms with E-state index in [0.717, 1.165) is 22.3 Å². The van der Waals surface area contributed by atoms with Gasteiger partial charge in [0.25, 0.3) is 0 Å². The van der Waals surface area contributed by atoms with Crippen molar-refractivity contribution in [3.05, 3.63) is 90.3 Å². The maximum Gasteiger partial charge on any atom is 0.240 e. The number of fused-ring (bicyclic) bond motifs is 1. The zero-order valence-electron chi connectivity index (χ0n) is 15.4. The molecule has 2 heterocycles. The summed E-state index contributed by atoms with van der Waals surface area (Å²) < 4.78 is 1.91. The molecule has 2 aromatic heterocycles. The molecule has 6 heteroatoms. The maximum atomic E-state index is 12.5. The number of anilines is 1. The first-order chi connectivity index (χ1) is 13.8. The molecule has 0 atom stereocenters. The predicted octanol–water partition coefficient (Wildman–Crippen LogP) is 3.36. The number of carbonyl (C=O) groups is 1. The second-order valence-electron chi connectivity index (χ2n) is 6.45. The Labute approximate surface area is 163 Å². The van der Waals surface area contributed by atoms with E-state index in [0.29, 0.717) is 19.0 Å². The van der Waals surface area contributed by atoms with Crippen molar-refractivity contribution >= 4 is 22.9 Å². The van der Waals surface area contributed by atoms with Crippen LogP contribution in [0.3, 0.4) is 0 Å². The van der Waals surface area contributed by atoms with E-state index < -0.39 is 0 Å². The lowest BCUT2D eigenvalue weighted by Gasteiger charge is -2.11. The lowest BCUT2D eigenvalue weighted by molar-refractivity contribution is -0.121. The van der Waals surface area contributed by atoms with Crippen molar-refractivity contribution in [3.63, 3.8) is 0 Å². The molecule has 6 nitrogen and oxygen atoms in total. The van der Waals surface area contributed by atoms with Crippen LogP contribution in [-0.2, 0) is 24.4 Å². The Bertz CT molecular complexity index is 1060. The zero-order valence-corrected chi connectivity index (χ0v) is 15.4. The highest BCUT2D eigenvalue weighted by Crippen LogP contribution is 2.20. The highest BCUT2D eigenvalue weighted by molar-refractivity contribution is 5.83. The highest BCUT2D eigenvalue weighted by atomic mass is 16.1. The fourth-order valence-electron chi connectivity index (χ4n) is 3.04. The Balaban J connectivity index is 1.50. The number of imidazole rings is 1. The minimum Gasteiger partial charge on any atom is -0.352 e. The Morgan fingerprint density at radius 1 is 0.893 bits per heavy atom. The minimum absolute atomic E-state index is 0.0865. The number of carbonyl (C=O) groups excluding carboxylic acids is 1. The fraction of sp³-hybridized carbons (Fsp3) is 0.136. The molecule has 140 valence electrons. The topological polar surface area (TPSA) is 71.8 Å². The zero-order chi connectivity index (χ0) is 19.2. The quantitative estimate of drug-likeness (QED) is 0.523. The summed E-state index contributed by atoms with van der Waals surface area (Å²) in [5.41, 5.74) is 3.76. The van der Waals surface area contributed by atoms with Crippen molar-refractivity contribution in [2.75, 3.05) is 5.32 Å². The van der Waals surface area contributed by atoms with Crippen LogP contribution in [0.1, 0.15) is 11.3 Å². The monoisotopic (exact) mass is 371 g/mol. The van der Waals surface area contributed by atoms with Crippen LogP contribution < -0.4 is 10.6 Å². The van der Waals surface area contributed by atoms with E-state index in [1.54, 1.807) is 6.20 Å². The molecule has 1 amide bonds. The van der Waals surface area contributed by atoms with Crippen molar-refractivity contribution in [2.45, 2.75) is 19.6 Å². The van der Waals surface area contributed by atoms with Crippen LogP contribution in [0.4, 0.5) is 5.95 Å². The van der Waals surface area contributed by atoms with Crippen LogP contribution in [-0.4, -0.2) is 20.4 Å². The predicted molar refractivity (Wildman–Crippen MR) is 110 cm³/mol.